The minimum absolute atomic E-state index is 0.208. The van der Waals surface area contributed by atoms with E-state index in [1.807, 2.05) is 12.3 Å². The van der Waals surface area contributed by atoms with Gasteiger partial charge < -0.3 is 5.32 Å². The predicted octanol–water partition coefficient (Wildman–Crippen LogP) is 4.22. The fraction of sp³-hybridized carbons (Fsp3) is 0.412. The van der Waals surface area contributed by atoms with E-state index in [1.54, 1.807) is 0 Å². The lowest BCUT2D eigenvalue weighted by Gasteiger charge is -2.18. The zero-order chi connectivity index (χ0) is 14.8. The van der Waals surface area contributed by atoms with Gasteiger partial charge in [0.1, 0.15) is 0 Å². The molecule has 1 aromatic heterocycles. The molecule has 0 aliphatic carbocycles. The molecule has 0 saturated heterocycles. The standard InChI is InChI=1S/C17H23N3/c1-12-6-7-14(10-13(12)2)15-8-9-18-16(20-15)19-11-17(3,4)5/h6-10H,11H2,1-5H3,(H,18,19,20). The van der Waals surface area contributed by atoms with E-state index in [1.165, 1.54) is 11.1 Å². The minimum atomic E-state index is 0.208. The highest BCUT2D eigenvalue weighted by Gasteiger charge is 2.10. The number of nitrogens with zero attached hydrogens (tertiary/aromatic N) is 2. The summed E-state index contributed by atoms with van der Waals surface area (Å²) in [6.07, 6.45) is 1.81. The summed E-state index contributed by atoms with van der Waals surface area (Å²) in [7, 11) is 0. The Labute approximate surface area is 121 Å². The lowest BCUT2D eigenvalue weighted by Crippen LogP contribution is -2.20. The van der Waals surface area contributed by atoms with Crippen LogP contribution in [0.4, 0.5) is 5.95 Å². The van der Waals surface area contributed by atoms with Crippen molar-refractivity contribution in [2.75, 3.05) is 11.9 Å². The quantitative estimate of drug-likeness (QED) is 0.906. The first-order valence-electron chi connectivity index (χ1n) is 7.00. The molecule has 2 aromatic rings. The Kier molecular flexibility index (Phi) is 4.07. The van der Waals surface area contributed by atoms with Crippen LogP contribution >= 0.6 is 0 Å². The van der Waals surface area contributed by atoms with Gasteiger partial charge in [-0.1, -0.05) is 32.9 Å². The van der Waals surface area contributed by atoms with Crippen molar-refractivity contribution in [1.82, 2.24) is 9.97 Å². The molecule has 0 unspecified atom stereocenters. The molecule has 2 rings (SSSR count). The summed E-state index contributed by atoms with van der Waals surface area (Å²) in [5.41, 5.74) is 4.88. The van der Waals surface area contributed by atoms with Crippen molar-refractivity contribution in [2.45, 2.75) is 34.6 Å². The fourth-order valence-electron chi connectivity index (χ4n) is 1.85. The number of benzene rings is 1. The van der Waals surface area contributed by atoms with Gasteiger partial charge in [-0.3, -0.25) is 0 Å². The van der Waals surface area contributed by atoms with Crippen LogP contribution in [0.2, 0.25) is 0 Å². The van der Waals surface area contributed by atoms with Gasteiger partial charge in [-0.05, 0) is 42.5 Å². The van der Waals surface area contributed by atoms with Gasteiger partial charge in [-0.2, -0.15) is 0 Å². The third-order valence-electron chi connectivity index (χ3n) is 3.24. The lowest BCUT2D eigenvalue weighted by atomic mass is 9.97. The number of aromatic nitrogens is 2. The molecule has 1 heterocycles. The summed E-state index contributed by atoms with van der Waals surface area (Å²) in [5.74, 6) is 0.690. The summed E-state index contributed by atoms with van der Waals surface area (Å²) in [6.45, 7) is 11.7. The van der Waals surface area contributed by atoms with E-state index in [2.05, 4.69) is 68.1 Å². The molecular weight excluding hydrogens is 246 g/mol. The van der Waals surface area contributed by atoms with E-state index in [4.69, 9.17) is 0 Å². The normalized spacial score (nSPS) is 11.4. The monoisotopic (exact) mass is 269 g/mol. The first kappa shape index (κ1) is 14.5. The first-order valence-corrected chi connectivity index (χ1v) is 7.00. The average Bonchev–Trinajstić information content (AvgIpc) is 2.39. The van der Waals surface area contributed by atoms with Crippen molar-refractivity contribution >= 4 is 5.95 Å². The van der Waals surface area contributed by atoms with Gasteiger partial charge in [-0.15, -0.1) is 0 Å². The number of anilines is 1. The van der Waals surface area contributed by atoms with Crippen molar-refractivity contribution in [3.63, 3.8) is 0 Å². The molecule has 0 bridgehead atoms. The molecule has 1 N–H and O–H groups in total. The van der Waals surface area contributed by atoms with Crippen molar-refractivity contribution < 1.29 is 0 Å². The van der Waals surface area contributed by atoms with Crippen LogP contribution in [0.15, 0.2) is 30.5 Å². The van der Waals surface area contributed by atoms with Gasteiger partial charge in [0.15, 0.2) is 0 Å². The van der Waals surface area contributed by atoms with Crippen LogP contribution in [0.25, 0.3) is 11.3 Å². The summed E-state index contributed by atoms with van der Waals surface area (Å²) in [6, 6.07) is 8.37. The maximum absolute atomic E-state index is 4.59. The Balaban J connectivity index is 2.23. The van der Waals surface area contributed by atoms with Gasteiger partial charge in [0, 0.05) is 18.3 Å². The molecule has 3 heteroatoms. The molecule has 106 valence electrons. The second kappa shape index (κ2) is 5.61. The second-order valence-electron chi connectivity index (χ2n) is 6.48. The summed E-state index contributed by atoms with van der Waals surface area (Å²) >= 11 is 0. The number of hydrogen-bond acceptors (Lipinski definition) is 3. The van der Waals surface area contributed by atoms with Gasteiger partial charge >= 0.3 is 0 Å². The first-order chi connectivity index (χ1) is 9.35. The van der Waals surface area contributed by atoms with Gasteiger partial charge in [0.05, 0.1) is 5.69 Å². The zero-order valence-electron chi connectivity index (χ0n) is 13.0. The molecule has 3 nitrogen and oxygen atoms in total. The maximum atomic E-state index is 4.59. The molecule has 1 aromatic carbocycles. The van der Waals surface area contributed by atoms with Crippen LogP contribution in [-0.2, 0) is 0 Å². The average molecular weight is 269 g/mol. The Morgan fingerprint density at radius 2 is 1.80 bits per heavy atom. The maximum Gasteiger partial charge on any atom is 0.223 e. The fourth-order valence-corrected chi connectivity index (χ4v) is 1.85. The topological polar surface area (TPSA) is 37.8 Å². The molecule has 20 heavy (non-hydrogen) atoms. The molecule has 0 spiro atoms. The van der Waals surface area contributed by atoms with Crippen LogP contribution in [0.3, 0.4) is 0 Å². The van der Waals surface area contributed by atoms with E-state index < -0.39 is 0 Å². The summed E-state index contributed by atoms with van der Waals surface area (Å²) in [5, 5.41) is 3.30. The van der Waals surface area contributed by atoms with Crippen LogP contribution in [0.5, 0.6) is 0 Å². The van der Waals surface area contributed by atoms with Crippen LogP contribution in [0, 0.1) is 19.3 Å². The molecule has 0 radical (unpaired) electrons. The lowest BCUT2D eigenvalue weighted by molar-refractivity contribution is 0.442. The van der Waals surface area contributed by atoms with E-state index in [-0.39, 0.29) is 5.41 Å². The highest BCUT2D eigenvalue weighted by molar-refractivity contribution is 5.61. The molecule has 0 atom stereocenters. The minimum Gasteiger partial charge on any atom is -0.354 e. The molecule has 0 saturated carbocycles. The van der Waals surface area contributed by atoms with Crippen LogP contribution in [-0.4, -0.2) is 16.5 Å². The molecular formula is C17H23N3. The molecule has 0 aliphatic heterocycles. The Morgan fingerprint density at radius 1 is 1.05 bits per heavy atom. The van der Waals surface area contributed by atoms with Crippen LogP contribution in [0.1, 0.15) is 31.9 Å². The van der Waals surface area contributed by atoms with Gasteiger partial charge in [0.25, 0.3) is 0 Å². The number of rotatable bonds is 3. The van der Waals surface area contributed by atoms with Crippen molar-refractivity contribution in [2.24, 2.45) is 5.41 Å². The molecule has 0 amide bonds. The third kappa shape index (κ3) is 3.80. The number of aryl methyl sites for hydroxylation is 2. The molecule has 0 fully saturated rings. The van der Waals surface area contributed by atoms with Gasteiger partial charge in [0.2, 0.25) is 5.95 Å². The molecule has 0 aliphatic rings. The number of hydrogen-bond donors (Lipinski definition) is 1. The third-order valence-corrected chi connectivity index (χ3v) is 3.24. The summed E-state index contributed by atoms with van der Waals surface area (Å²) in [4.78, 5) is 8.88. The smallest absolute Gasteiger partial charge is 0.223 e. The van der Waals surface area contributed by atoms with Crippen molar-refractivity contribution in [1.29, 1.82) is 0 Å². The Morgan fingerprint density at radius 3 is 2.45 bits per heavy atom. The van der Waals surface area contributed by atoms with E-state index in [9.17, 15) is 0 Å². The highest BCUT2D eigenvalue weighted by atomic mass is 15.1. The van der Waals surface area contributed by atoms with E-state index in [0.717, 1.165) is 17.8 Å². The van der Waals surface area contributed by atoms with Crippen molar-refractivity contribution in [3.8, 4) is 11.3 Å². The summed E-state index contributed by atoms with van der Waals surface area (Å²) < 4.78 is 0. The number of nitrogens with one attached hydrogen (secondary N) is 1. The van der Waals surface area contributed by atoms with Crippen LogP contribution < -0.4 is 5.32 Å². The van der Waals surface area contributed by atoms with Crippen molar-refractivity contribution in [3.05, 3.63) is 41.6 Å². The zero-order valence-corrected chi connectivity index (χ0v) is 13.0. The second-order valence-corrected chi connectivity index (χ2v) is 6.48. The predicted molar refractivity (Wildman–Crippen MR) is 84.9 cm³/mol. The Bertz CT molecular complexity index is 597. The highest BCUT2D eigenvalue weighted by Crippen LogP contribution is 2.21. The SMILES string of the molecule is Cc1ccc(-c2ccnc(NCC(C)(C)C)n2)cc1C. The Hall–Kier alpha value is -1.90. The van der Waals surface area contributed by atoms with E-state index in [0.29, 0.717) is 5.95 Å². The largest absolute Gasteiger partial charge is 0.354 e. The van der Waals surface area contributed by atoms with E-state index >= 15 is 0 Å². The van der Waals surface area contributed by atoms with Gasteiger partial charge in [-0.25, -0.2) is 9.97 Å².